The number of hydrogen-bond acceptors (Lipinski definition) is 2. The van der Waals surface area contributed by atoms with Crippen molar-refractivity contribution in [2.24, 2.45) is 0 Å². The molecule has 1 aliphatic heterocycles. The van der Waals surface area contributed by atoms with Crippen LogP contribution in [0.15, 0.2) is 24.3 Å². The van der Waals surface area contributed by atoms with Gasteiger partial charge in [-0.2, -0.15) is 0 Å². The number of benzene rings is 1. The first kappa shape index (κ1) is 12.1. The van der Waals surface area contributed by atoms with Crippen molar-refractivity contribution in [3.63, 3.8) is 0 Å². The molecule has 2 rings (SSSR count). The maximum Gasteiger partial charge on any atom is 0.261 e. The van der Waals surface area contributed by atoms with Gasteiger partial charge in [0, 0.05) is 11.4 Å². The van der Waals surface area contributed by atoms with Crippen molar-refractivity contribution in [1.29, 1.82) is 0 Å². The van der Waals surface area contributed by atoms with Gasteiger partial charge in [0.2, 0.25) is 0 Å². The largest absolute Gasteiger partial charge is 0.271 e. The van der Waals surface area contributed by atoms with E-state index in [1.54, 1.807) is 24.3 Å². The molecule has 0 N–H and O–H groups in total. The zero-order valence-corrected chi connectivity index (χ0v) is 10.6. The minimum absolute atomic E-state index is 0.0608. The van der Waals surface area contributed by atoms with Gasteiger partial charge in [0.1, 0.15) is 0 Å². The monoisotopic (exact) mass is 251 g/mol. The van der Waals surface area contributed by atoms with Gasteiger partial charge in [-0.3, -0.25) is 14.5 Å². The van der Waals surface area contributed by atoms with E-state index >= 15 is 0 Å². The molecule has 0 radical (unpaired) electrons. The summed E-state index contributed by atoms with van der Waals surface area (Å²) in [6.07, 6.45) is 0.604. The molecule has 0 saturated carbocycles. The third kappa shape index (κ3) is 2.07. The number of fused-ring (bicyclic) bond motifs is 1. The Morgan fingerprint density at radius 2 is 1.59 bits per heavy atom. The fourth-order valence-corrected chi connectivity index (χ4v) is 2.44. The molecule has 0 aliphatic carbocycles. The summed E-state index contributed by atoms with van der Waals surface area (Å²) in [7, 11) is 0. The first-order valence-corrected chi connectivity index (χ1v) is 6.07. The summed E-state index contributed by atoms with van der Waals surface area (Å²) in [4.78, 5) is 25.5. The van der Waals surface area contributed by atoms with Crippen LogP contribution >= 0.6 is 11.6 Å². The maximum atomic E-state index is 12.1. The average molecular weight is 252 g/mol. The van der Waals surface area contributed by atoms with E-state index in [4.69, 9.17) is 11.6 Å². The lowest BCUT2D eigenvalue weighted by atomic mass is 10.1. The molecule has 0 saturated heterocycles. The summed E-state index contributed by atoms with van der Waals surface area (Å²) >= 11 is 5.91. The van der Waals surface area contributed by atoms with Gasteiger partial charge in [-0.25, -0.2) is 0 Å². The Morgan fingerprint density at radius 1 is 1.12 bits per heavy atom. The Hall–Kier alpha value is -1.35. The van der Waals surface area contributed by atoms with E-state index in [1.165, 1.54) is 4.90 Å². The number of amides is 2. The topological polar surface area (TPSA) is 37.4 Å². The second-order valence-electron chi connectivity index (χ2n) is 4.39. The summed E-state index contributed by atoms with van der Waals surface area (Å²) < 4.78 is 0. The van der Waals surface area contributed by atoms with Gasteiger partial charge in [0.25, 0.3) is 11.8 Å². The number of carbonyl (C=O) groups is 2. The molecular weight excluding hydrogens is 238 g/mol. The Morgan fingerprint density at radius 3 is 2.00 bits per heavy atom. The van der Waals surface area contributed by atoms with Crippen molar-refractivity contribution in [3.8, 4) is 0 Å². The van der Waals surface area contributed by atoms with Crippen LogP contribution in [0.2, 0.25) is 0 Å². The van der Waals surface area contributed by atoms with Crippen molar-refractivity contribution in [2.75, 3.05) is 0 Å². The van der Waals surface area contributed by atoms with Crippen molar-refractivity contribution in [2.45, 2.75) is 31.7 Å². The zero-order chi connectivity index (χ0) is 12.6. The summed E-state index contributed by atoms with van der Waals surface area (Å²) in [5.74, 6) is -0.425. The number of nitrogens with zero attached hydrogens (tertiary/aromatic N) is 1. The molecule has 17 heavy (non-hydrogen) atoms. The third-order valence-electron chi connectivity index (χ3n) is 2.93. The van der Waals surface area contributed by atoms with E-state index in [0.29, 0.717) is 17.5 Å². The van der Waals surface area contributed by atoms with E-state index < -0.39 is 0 Å². The highest BCUT2D eigenvalue weighted by atomic mass is 35.5. The smallest absolute Gasteiger partial charge is 0.261 e. The molecule has 2 atom stereocenters. The lowest BCUT2D eigenvalue weighted by Gasteiger charge is -2.23. The molecule has 2 amide bonds. The second kappa shape index (κ2) is 4.49. The Kier molecular flexibility index (Phi) is 3.20. The van der Waals surface area contributed by atoms with E-state index in [2.05, 4.69) is 0 Å². The highest BCUT2D eigenvalue weighted by Crippen LogP contribution is 2.26. The lowest BCUT2D eigenvalue weighted by Crippen LogP contribution is -2.39. The van der Waals surface area contributed by atoms with Gasteiger partial charge in [0.05, 0.1) is 11.1 Å². The third-order valence-corrected chi connectivity index (χ3v) is 3.11. The van der Waals surface area contributed by atoms with E-state index in [-0.39, 0.29) is 23.2 Å². The summed E-state index contributed by atoms with van der Waals surface area (Å²) in [5, 5.41) is -0.0608. The van der Waals surface area contributed by atoms with Crippen LogP contribution in [0.4, 0.5) is 0 Å². The molecule has 0 unspecified atom stereocenters. The van der Waals surface area contributed by atoms with Gasteiger partial charge in [-0.05, 0) is 32.4 Å². The number of rotatable bonds is 3. The second-order valence-corrected chi connectivity index (χ2v) is 5.14. The first-order valence-electron chi connectivity index (χ1n) is 5.63. The van der Waals surface area contributed by atoms with Crippen LogP contribution < -0.4 is 0 Å². The van der Waals surface area contributed by atoms with Crippen molar-refractivity contribution in [3.05, 3.63) is 35.4 Å². The molecule has 4 heteroatoms. The summed E-state index contributed by atoms with van der Waals surface area (Å²) in [6, 6.07) is 6.73. The number of carbonyl (C=O) groups excluding carboxylic acids is 2. The van der Waals surface area contributed by atoms with Gasteiger partial charge < -0.3 is 0 Å². The molecule has 1 aliphatic rings. The quantitative estimate of drug-likeness (QED) is 0.612. The predicted molar refractivity (Wildman–Crippen MR) is 66.3 cm³/mol. The maximum absolute atomic E-state index is 12.1. The molecule has 0 aromatic heterocycles. The fourth-order valence-electron chi connectivity index (χ4n) is 2.18. The van der Waals surface area contributed by atoms with Gasteiger partial charge in [-0.15, -0.1) is 11.6 Å². The van der Waals surface area contributed by atoms with Gasteiger partial charge >= 0.3 is 0 Å². The van der Waals surface area contributed by atoms with Crippen LogP contribution in [0.3, 0.4) is 0 Å². The van der Waals surface area contributed by atoms with Crippen molar-refractivity contribution < 1.29 is 9.59 Å². The minimum Gasteiger partial charge on any atom is -0.271 e. The molecule has 0 fully saturated rings. The van der Waals surface area contributed by atoms with Gasteiger partial charge in [0.15, 0.2) is 0 Å². The van der Waals surface area contributed by atoms with Crippen molar-refractivity contribution >= 4 is 23.4 Å². The Labute approximate surface area is 105 Å². The zero-order valence-electron chi connectivity index (χ0n) is 9.81. The minimum atomic E-state index is -0.213. The fraction of sp³-hybridized carbons (Fsp3) is 0.385. The van der Waals surface area contributed by atoms with Crippen LogP contribution in [0.25, 0.3) is 0 Å². The van der Waals surface area contributed by atoms with Crippen LogP contribution in [-0.4, -0.2) is 28.1 Å². The lowest BCUT2D eigenvalue weighted by molar-refractivity contribution is 0.0590. The van der Waals surface area contributed by atoms with Gasteiger partial charge in [-0.1, -0.05) is 12.1 Å². The van der Waals surface area contributed by atoms with Crippen LogP contribution in [-0.2, 0) is 0 Å². The normalized spacial score (nSPS) is 18.2. The standard InChI is InChI=1S/C13H14ClNO2/c1-8(14)7-9(2)15-12(16)10-5-3-4-6-11(10)13(15)17/h3-6,8-9H,7H2,1-2H3/t8-,9-/m1/s1. The molecule has 1 aromatic carbocycles. The van der Waals surface area contributed by atoms with Crippen LogP contribution in [0, 0.1) is 0 Å². The average Bonchev–Trinajstić information content (AvgIpc) is 2.51. The van der Waals surface area contributed by atoms with Crippen molar-refractivity contribution in [1.82, 2.24) is 4.90 Å². The van der Waals surface area contributed by atoms with E-state index in [9.17, 15) is 9.59 Å². The summed E-state index contributed by atoms with van der Waals surface area (Å²) in [6.45, 7) is 3.71. The molecule has 3 nitrogen and oxygen atoms in total. The van der Waals surface area contributed by atoms with E-state index in [0.717, 1.165) is 0 Å². The molecule has 0 spiro atoms. The molecule has 90 valence electrons. The molecule has 1 aromatic rings. The Bertz CT molecular complexity index is 435. The first-order chi connectivity index (χ1) is 8.02. The molecular formula is C13H14ClNO2. The van der Waals surface area contributed by atoms with Crippen LogP contribution in [0.1, 0.15) is 41.0 Å². The molecule has 1 heterocycles. The highest BCUT2D eigenvalue weighted by molar-refractivity contribution is 6.22. The number of halogens is 1. The Balaban J connectivity index is 2.30. The molecule has 0 bridgehead atoms. The SMILES string of the molecule is C[C@H](C[C@@H](C)Cl)N1C(=O)c2ccccc2C1=O. The number of hydrogen-bond donors (Lipinski definition) is 0. The van der Waals surface area contributed by atoms with E-state index in [1.807, 2.05) is 13.8 Å². The summed E-state index contributed by atoms with van der Waals surface area (Å²) in [5.41, 5.74) is 0.984. The number of alkyl halides is 1. The van der Waals surface area contributed by atoms with Crippen LogP contribution in [0.5, 0.6) is 0 Å². The highest BCUT2D eigenvalue weighted by Gasteiger charge is 2.38. The predicted octanol–water partition coefficient (Wildman–Crippen LogP) is 2.69. The number of imide groups is 1.